The average Bonchev–Trinajstić information content (AvgIpc) is 2.89. The van der Waals surface area contributed by atoms with Crippen LogP contribution in [0, 0.1) is 0 Å². The Morgan fingerprint density at radius 3 is 2.30 bits per heavy atom. The molecular weight excluding hydrogens is 273 g/mol. The molecule has 0 heterocycles. The lowest BCUT2D eigenvalue weighted by atomic mass is 10.2. The molecule has 2 N–H and O–H groups in total. The van der Waals surface area contributed by atoms with E-state index < -0.39 is 17.8 Å². The molecule has 2 amide bonds. The zero-order valence-electron chi connectivity index (χ0n) is 10.7. The van der Waals surface area contributed by atoms with Gasteiger partial charge in [0.15, 0.2) is 0 Å². The summed E-state index contributed by atoms with van der Waals surface area (Å²) in [5.41, 5.74) is 1.76. The lowest BCUT2D eigenvalue weighted by Crippen LogP contribution is -2.32. The second-order valence-electron chi connectivity index (χ2n) is 4.66. The molecule has 1 aliphatic rings. The van der Waals surface area contributed by atoms with Crippen LogP contribution in [0.2, 0.25) is 0 Å². The maximum absolute atomic E-state index is 12.4. The van der Waals surface area contributed by atoms with Gasteiger partial charge in [-0.2, -0.15) is 13.2 Å². The summed E-state index contributed by atoms with van der Waals surface area (Å²) in [5, 5.41) is 2.40. The van der Waals surface area contributed by atoms with Crippen LogP contribution in [-0.2, 0) is 11.0 Å². The highest BCUT2D eigenvalue weighted by Crippen LogP contribution is 2.29. The minimum atomic E-state index is -4.38. The van der Waals surface area contributed by atoms with Crippen LogP contribution in [0.4, 0.5) is 23.7 Å². The van der Waals surface area contributed by atoms with E-state index in [0.29, 0.717) is 0 Å². The van der Waals surface area contributed by atoms with Gasteiger partial charge in [0.2, 0.25) is 0 Å². The van der Waals surface area contributed by atoms with Gasteiger partial charge in [0.25, 0.3) is 0 Å². The number of urea groups is 1. The number of rotatable bonds is 3. The SMILES string of the molecule is O=C(NOC1CCCC1)Nc1ccc(C(F)(F)F)cc1. The number of nitrogens with one attached hydrogen (secondary N) is 2. The van der Waals surface area contributed by atoms with Gasteiger partial charge in [-0.15, -0.1) is 0 Å². The molecule has 4 nitrogen and oxygen atoms in total. The third-order valence-corrected chi connectivity index (χ3v) is 3.09. The first kappa shape index (κ1) is 14.6. The maximum atomic E-state index is 12.4. The maximum Gasteiger partial charge on any atom is 0.416 e. The lowest BCUT2D eigenvalue weighted by Gasteiger charge is -2.12. The molecule has 0 bridgehead atoms. The van der Waals surface area contributed by atoms with Gasteiger partial charge in [-0.25, -0.2) is 10.3 Å². The monoisotopic (exact) mass is 288 g/mol. The summed E-state index contributed by atoms with van der Waals surface area (Å²) in [6, 6.07) is 3.60. The van der Waals surface area contributed by atoms with Gasteiger partial charge in [0.05, 0.1) is 11.7 Å². The van der Waals surface area contributed by atoms with Crippen molar-refractivity contribution in [3.63, 3.8) is 0 Å². The van der Waals surface area contributed by atoms with E-state index in [-0.39, 0.29) is 11.8 Å². The van der Waals surface area contributed by atoms with Crippen LogP contribution < -0.4 is 10.8 Å². The third kappa shape index (κ3) is 4.12. The average molecular weight is 288 g/mol. The Kier molecular flexibility index (Phi) is 4.49. The molecule has 0 aliphatic heterocycles. The van der Waals surface area contributed by atoms with Gasteiger partial charge in [-0.05, 0) is 37.1 Å². The molecule has 0 radical (unpaired) electrons. The number of anilines is 1. The molecule has 20 heavy (non-hydrogen) atoms. The van der Waals surface area contributed by atoms with E-state index in [1.807, 2.05) is 0 Å². The van der Waals surface area contributed by atoms with E-state index in [0.717, 1.165) is 37.8 Å². The molecule has 1 fully saturated rings. The highest BCUT2D eigenvalue weighted by atomic mass is 19.4. The van der Waals surface area contributed by atoms with Crippen LogP contribution in [0.3, 0.4) is 0 Å². The second-order valence-corrected chi connectivity index (χ2v) is 4.66. The molecule has 2 rings (SSSR count). The standard InChI is InChI=1S/C13H15F3N2O2/c14-13(15,16)9-5-7-10(8-6-9)17-12(19)18-20-11-3-1-2-4-11/h5-8,11H,1-4H2,(H2,17,18,19). The fourth-order valence-electron chi connectivity index (χ4n) is 2.04. The van der Waals surface area contributed by atoms with E-state index in [4.69, 9.17) is 4.84 Å². The first-order valence-corrected chi connectivity index (χ1v) is 6.35. The summed E-state index contributed by atoms with van der Waals surface area (Å²) < 4.78 is 37.1. The van der Waals surface area contributed by atoms with Crippen LogP contribution >= 0.6 is 0 Å². The number of halogens is 3. The summed E-state index contributed by atoms with van der Waals surface area (Å²) in [7, 11) is 0. The number of hydrogen-bond acceptors (Lipinski definition) is 2. The molecule has 110 valence electrons. The molecule has 0 unspecified atom stereocenters. The molecule has 1 aromatic rings. The largest absolute Gasteiger partial charge is 0.416 e. The third-order valence-electron chi connectivity index (χ3n) is 3.09. The van der Waals surface area contributed by atoms with E-state index in [2.05, 4.69) is 10.8 Å². The molecular formula is C13H15F3N2O2. The van der Waals surface area contributed by atoms with E-state index in [1.165, 1.54) is 12.1 Å². The van der Waals surface area contributed by atoms with Crippen molar-refractivity contribution in [2.24, 2.45) is 0 Å². The summed E-state index contributed by atoms with van der Waals surface area (Å²) in [6.07, 6.45) is -0.402. The first-order chi connectivity index (χ1) is 9.45. The van der Waals surface area contributed by atoms with Gasteiger partial charge < -0.3 is 5.32 Å². The van der Waals surface area contributed by atoms with Crippen LogP contribution in [0.15, 0.2) is 24.3 Å². The summed E-state index contributed by atoms with van der Waals surface area (Å²) in [6.45, 7) is 0. The minimum absolute atomic E-state index is 0.0216. The van der Waals surface area contributed by atoms with Crippen molar-refractivity contribution in [2.75, 3.05) is 5.32 Å². The Bertz CT molecular complexity index is 454. The number of amides is 2. The van der Waals surface area contributed by atoms with Gasteiger partial charge in [0.1, 0.15) is 0 Å². The van der Waals surface area contributed by atoms with E-state index in [9.17, 15) is 18.0 Å². The predicted octanol–water partition coefficient (Wildman–Crippen LogP) is 3.70. The number of carbonyl (C=O) groups excluding carboxylic acids is 1. The summed E-state index contributed by atoms with van der Waals surface area (Å²) in [4.78, 5) is 16.7. The molecule has 7 heteroatoms. The number of hydroxylamine groups is 1. The van der Waals surface area contributed by atoms with Crippen molar-refractivity contribution in [3.8, 4) is 0 Å². The number of carbonyl (C=O) groups is 1. The van der Waals surface area contributed by atoms with E-state index >= 15 is 0 Å². The quantitative estimate of drug-likeness (QED) is 0.833. The Balaban J connectivity index is 1.81. The normalized spacial score (nSPS) is 16.1. The zero-order chi connectivity index (χ0) is 14.6. The second kappa shape index (κ2) is 6.13. The molecule has 0 spiro atoms. The summed E-state index contributed by atoms with van der Waals surface area (Å²) >= 11 is 0. The highest BCUT2D eigenvalue weighted by molar-refractivity contribution is 5.88. The highest BCUT2D eigenvalue weighted by Gasteiger charge is 2.30. The van der Waals surface area contributed by atoms with Crippen LogP contribution in [-0.4, -0.2) is 12.1 Å². The Labute approximate surface area is 114 Å². The van der Waals surface area contributed by atoms with Crippen molar-refractivity contribution in [3.05, 3.63) is 29.8 Å². The van der Waals surface area contributed by atoms with Gasteiger partial charge in [-0.1, -0.05) is 12.8 Å². The topological polar surface area (TPSA) is 50.4 Å². The van der Waals surface area contributed by atoms with Crippen molar-refractivity contribution in [1.29, 1.82) is 0 Å². The Morgan fingerprint density at radius 1 is 1.15 bits per heavy atom. The Morgan fingerprint density at radius 2 is 1.75 bits per heavy atom. The fraction of sp³-hybridized carbons (Fsp3) is 0.462. The van der Waals surface area contributed by atoms with Gasteiger partial charge >= 0.3 is 12.2 Å². The van der Waals surface area contributed by atoms with E-state index in [1.54, 1.807) is 0 Å². The molecule has 1 aliphatic carbocycles. The van der Waals surface area contributed by atoms with Crippen LogP contribution in [0.25, 0.3) is 0 Å². The van der Waals surface area contributed by atoms with Crippen molar-refractivity contribution >= 4 is 11.7 Å². The van der Waals surface area contributed by atoms with Crippen molar-refractivity contribution in [1.82, 2.24) is 5.48 Å². The molecule has 1 aromatic carbocycles. The Hall–Kier alpha value is -1.76. The molecule has 1 saturated carbocycles. The predicted molar refractivity (Wildman–Crippen MR) is 66.9 cm³/mol. The molecule has 0 saturated heterocycles. The first-order valence-electron chi connectivity index (χ1n) is 6.35. The smallest absolute Gasteiger partial charge is 0.306 e. The van der Waals surface area contributed by atoms with Gasteiger partial charge in [-0.3, -0.25) is 4.84 Å². The minimum Gasteiger partial charge on any atom is -0.306 e. The van der Waals surface area contributed by atoms with Crippen LogP contribution in [0.5, 0.6) is 0 Å². The molecule has 0 aromatic heterocycles. The van der Waals surface area contributed by atoms with Gasteiger partial charge in [0, 0.05) is 5.69 Å². The number of benzene rings is 1. The zero-order valence-corrected chi connectivity index (χ0v) is 10.7. The van der Waals surface area contributed by atoms with Crippen molar-refractivity contribution in [2.45, 2.75) is 38.0 Å². The fourth-order valence-corrected chi connectivity index (χ4v) is 2.04. The molecule has 0 atom stereocenters. The number of hydrogen-bond donors (Lipinski definition) is 2. The summed E-state index contributed by atoms with van der Waals surface area (Å²) in [5.74, 6) is 0. The van der Waals surface area contributed by atoms with Crippen molar-refractivity contribution < 1.29 is 22.8 Å². The van der Waals surface area contributed by atoms with Crippen LogP contribution in [0.1, 0.15) is 31.2 Å². The lowest BCUT2D eigenvalue weighted by molar-refractivity contribution is -0.137. The number of alkyl halides is 3.